The first-order valence-electron chi connectivity index (χ1n) is 26.2. The van der Waals surface area contributed by atoms with Crippen LogP contribution >= 0.6 is 7.82 Å². The highest BCUT2D eigenvalue weighted by Gasteiger charge is 2.51. The van der Waals surface area contributed by atoms with Crippen LogP contribution in [0, 0.1) is 0 Å². The predicted octanol–water partition coefficient (Wildman–Crippen LogP) is 11.7. The number of unbranched alkanes of at least 4 members (excludes halogenated alkanes) is 29. The lowest BCUT2D eigenvalue weighted by atomic mass is 9.85. The zero-order chi connectivity index (χ0) is 46.9. The molecule has 0 heterocycles. The maximum absolute atomic E-state index is 12.8. The summed E-state index contributed by atoms with van der Waals surface area (Å²) in [6.45, 7) is 4.25. The van der Waals surface area contributed by atoms with Crippen LogP contribution in [0.2, 0.25) is 0 Å². The van der Waals surface area contributed by atoms with Gasteiger partial charge in [-0.25, -0.2) is 4.57 Å². The monoisotopic (exact) mass is 933 g/mol. The van der Waals surface area contributed by atoms with E-state index >= 15 is 0 Å². The van der Waals surface area contributed by atoms with E-state index in [-0.39, 0.29) is 13.0 Å². The Bertz CT molecular complexity index is 1150. The minimum Gasteiger partial charge on any atom is -0.457 e. The zero-order valence-corrected chi connectivity index (χ0v) is 41.5. The van der Waals surface area contributed by atoms with Gasteiger partial charge >= 0.3 is 13.8 Å². The lowest BCUT2D eigenvalue weighted by Crippen LogP contribution is -2.64. The molecule has 0 aliphatic heterocycles. The first kappa shape index (κ1) is 60.8. The fraction of sp³-hybridized carbons (Fsp3) is 0.902. The Morgan fingerprint density at radius 3 is 1.34 bits per heavy atom. The summed E-state index contributed by atoms with van der Waals surface area (Å²) in [6.07, 6.45) is 36.7. The number of hydrogen-bond acceptors (Lipinski definition) is 11. The Balaban J connectivity index is 2.32. The SMILES string of the molecule is CCCCC/C=C\C/C=C\CCCCCCCCOCC(COP(=O)(O)OC1C(O)C(O)C(O)C(O)C1O)OC(=O)CCCCCCCCCCCCCCCCCCCCCCC. The van der Waals surface area contributed by atoms with Gasteiger partial charge in [-0.2, -0.15) is 0 Å². The molecular weight excluding hydrogens is 836 g/mol. The number of aliphatic hydroxyl groups excluding tert-OH is 5. The Hall–Kier alpha value is -1.18. The molecule has 13 heteroatoms. The third kappa shape index (κ3) is 33.3. The molecule has 0 spiro atoms. The molecule has 1 fully saturated rings. The number of hydrogen-bond donors (Lipinski definition) is 6. The smallest absolute Gasteiger partial charge is 0.457 e. The number of allylic oxidation sites excluding steroid dienone is 4. The minimum absolute atomic E-state index is 0.0798. The highest BCUT2D eigenvalue weighted by Crippen LogP contribution is 2.47. The topological polar surface area (TPSA) is 192 Å². The van der Waals surface area contributed by atoms with Crippen molar-refractivity contribution in [3.63, 3.8) is 0 Å². The van der Waals surface area contributed by atoms with Crippen LogP contribution in [0.25, 0.3) is 0 Å². The molecule has 0 saturated heterocycles. The first-order valence-corrected chi connectivity index (χ1v) is 27.7. The fourth-order valence-corrected chi connectivity index (χ4v) is 9.12. The second-order valence-corrected chi connectivity index (χ2v) is 19.8. The molecule has 0 aromatic rings. The summed E-state index contributed by atoms with van der Waals surface area (Å²) in [5.74, 6) is -0.476. The van der Waals surface area contributed by atoms with Gasteiger partial charge in [0.05, 0.1) is 13.2 Å². The number of rotatable bonds is 45. The van der Waals surface area contributed by atoms with Crippen molar-refractivity contribution in [2.75, 3.05) is 19.8 Å². The summed E-state index contributed by atoms with van der Waals surface area (Å²) >= 11 is 0. The van der Waals surface area contributed by atoms with Crippen LogP contribution < -0.4 is 0 Å². The molecule has 1 saturated carbocycles. The molecule has 6 atom stereocenters. The van der Waals surface area contributed by atoms with Crippen molar-refractivity contribution in [3.05, 3.63) is 24.3 Å². The molecule has 1 rings (SSSR count). The van der Waals surface area contributed by atoms with Gasteiger partial charge in [-0.1, -0.05) is 205 Å². The van der Waals surface area contributed by atoms with Crippen LogP contribution in [0.4, 0.5) is 0 Å². The summed E-state index contributed by atoms with van der Waals surface area (Å²) in [5.41, 5.74) is 0. The van der Waals surface area contributed by atoms with Gasteiger partial charge in [0, 0.05) is 13.0 Å². The highest BCUT2D eigenvalue weighted by atomic mass is 31.2. The number of aliphatic hydroxyl groups is 5. The summed E-state index contributed by atoms with van der Waals surface area (Å²) in [7, 11) is -5.02. The number of carbonyl (C=O) groups excluding carboxylic acids is 1. The Morgan fingerprint density at radius 2 is 0.875 bits per heavy atom. The van der Waals surface area contributed by atoms with E-state index in [0.29, 0.717) is 13.0 Å². The Labute approximate surface area is 390 Å². The van der Waals surface area contributed by atoms with Gasteiger partial charge in [0.2, 0.25) is 0 Å². The van der Waals surface area contributed by atoms with E-state index in [1.54, 1.807) is 0 Å². The van der Waals surface area contributed by atoms with Crippen LogP contribution in [0.3, 0.4) is 0 Å². The number of phosphoric ester groups is 1. The van der Waals surface area contributed by atoms with Crippen LogP contribution in [0.15, 0.2) is 24.3 Å². The molecule has 6 unspecified atom stereocenters. The average Bonchev–Trinajstić information content (AvgIpc) is 3.28. The number of carbonyl (C=O) groups is 1. The van der Waals surface area contributed by atoms with E-state index in [0.717, 1.165) is 57.8 Å². The lowest BCUT2D eigenvalue weighted by molar-refractivity contribution is -0.220. The summed E-state index contributed by atoms with van der Waals surface area (Å²) in [4.78, 5) is 23.2. The third-order valence-corrected chi connectivity index (χ3v) is 13.3. The number of ether oxygens (including phenoxy) is 2. The van der Waals surface area contributed by atoms with Crippen molar-refractivity contribution in [1.29, 1.82) is 0 Å². The largest absolute Gasteiger partial charge is 0.472 e. The maximum atomic E-state index is 12.8. The second kappa shape index (κ2) is 42.0. The summed E-state index contributed by atoms with van der Waals surface area (Å²) in [6, 6.07) is 0. The normalized spacial score (nSPS) is 21.8. The van der Waals surface area contributed by atoms with Crippen molar-refractivity contribution in [2.45, 2.75) is 275 Å². The molecule has 0 aromatic heterocycles. The fourth-order valence-electron chi connectivity index (χ4n) is 8.15. The van der Waals surface area contributed by atoms with Gasteiger partial charge in [-0.15, -0.1) is 0 Å². The molecule has 0 radical (unpaired) electrons. The standard InChI is InChI=1S/C51H97O12P/c1-3-5-7-9-11-13-15-17-19-21-22-23-24-25-26-28-30-32-34-36-38-40-45(52)62-44(43-61-64(58,59)63-51-49(56)47(54)46(53)48(55)50(51)57)42-60-41-39-37-35-33-31-29-27-20-18-16-14-12-10-8-6-4-2/h12,14,18,20,44,46-51,53-57H,3-11,13,15-17,19,21-43H2,1-2H3,(H,58,59)/b14-12-,20-18-. The Morgan fingerprint density at radius 1 is 0.500 bits per heavy atom. The molecule has 12 nitrogen and oxygen atoms in total. The van der Waals surface area contributed by atoms with E-state index < -0.39 is 63.1 Å². The van der Waals surface area contributed by atoms with Crippen LogP contribution in [0.1, 0.15) is 232 Å². The van der Waals surface area contributed by atoms with Gasteiger partial charge < -0.3 is 39.9 Å². The molecule has 0 amide bonds. The molecule has 0 bridgehead atoms. The summed E-state index contributed by atoms with van der Waals surface area (Å²) < 4.78 is 34.3. The zero-order valence-electron chi connectivity index (χ0n) is 40.6. The van der Waals surface area contributed by atoms with Crippen molar-refractivity contribution in [2.24, 2.45) is 0 Å². The lowest BCUT2D eigenvalue weighted by Gasteiger charge is -2.41. The van der Waals surface area contributed by atoms with E-state index in [1.807, 2.05) is 0 Å². The van der Waals surface area contributed by atoms with Crippen molar-refractivity contribution in [1.82, 2.24) is 0 Å². The van der Waals surface area contributed by atoms with Crippen molar-refractivity contribution in [3.8, 4) is 0 Å². The molecular formula is C51H97O12P. The van der Waals surface area contributed by atoms with E-state index in [2.05, 4.69) is 38.2 Å². The van der Waals surface area contributed by atoms with E-state index in [9.17, 15) is 39.8 Å². The molecule has 378 valence electrons. The summed E-state index contributed by atoms with van der Waals surface area (Å²) in [5, 5.41) is 50.3. The van der Waals surface area contributed by atoms with Gasteiger partial charge in [-0.05, 0) is 44.9 Å². The third-order valence-electron chi connectivity index (χ3n) is 12.3. The van der Waals surface area contributed by atoms with Crippen LogP contribution in [0.5, 0.6) is 0 Å². The second-order valence-electron chi connectivity index (χ2n) is 18.4. The van der Waals surface area contributed by atoms with Crippen molar-refractivity contribution >= 4 is 13.8 Å². The molecule has 1 aliphatic carbocycles. The first-order chi connectivity index (χ1) is 31.0. The van der Waals surface area contributed by atoms with Crippen LogP contribution in [-0.4, -0.2) is 98.9 Å². The number of phosphoric acid groups is 1. The quantitative estimate of drug-likeness (QED) is 0.0147. The molecule has 64 heavy (non-hydrogen) atoms. The number of esters is 1. The van der Waals surface area contributed by atoms with E-state index in [4.69, 9.17) is 18.5 Å². The maximum Gasteiger partial charge on any atom is 0.472 e. The van der Waals surface area contributed by atoms with Gasteiger partial charge in [0.1, 0.15) is 42.7 Å². The Kier molecular flexibility index (Phi) is 39.9. The van der Waals surface area contributed by atoms with Gasteiger partial charge in [0.25, 0.3) is 0 Å². The van der Waals surface area contributed by atoms with E-state index in [1.165, 1.54) is 148 Å². The molecule has 0 aromatic carbocycles. The molecule has 6 N–H and O–H groups in total. The average molecular weight is 933 g/mol. The minimum atomic E-state index is -5.02. The van der Waals surface area contributed by atoms with Crippen molar-refractivity contribution < 1.29 is 58.3 Å². The highest BCUT2D eigenvalue weighted by molar-refractivity contribution is 7.47. The van der Waals surface area contributed by atoms with Crippen LogP contribution in [-0.2, 0) is 27.9 Å². The van der Waals surface area contributed by atoms with Gasteiger partial charge in [0.15, 0.2) is 0 Å². The predicted molar refractivity (Wildman–Crippen MR) is 258 cm³/mol. The van der Waals surface area contributed by atoms with Gasteiger partial charge in [-0.3, -0.25) is 13.8 Å². The molecule has 1 aliphatic rings.